The van der Waals surface area contributed by atoms with Crippen molar-refractivity contribution in [3.8, 4) is 11.3 Å². The molecule has 0 saturated heterocycles. The Morgan fingerprint density at radius 1 is 1.00 bits per heavy atom. The summed E-state index contributed by atoms with van der Waals surface area (Å²) in [6.07, 6.45) is 0. The lowest BCUT2D eigenvalue weighted by atomic mass is 9.97. The minimum atomic E-state index is -0.482. The van der Waals surface area contributed by atoms with Crippen molar-refractivity contribution in [2.45, 2.75) is 6.92 Å². The molecule has 0 unspecified atom stereocenters. The Morgan fingerprint density at radius 2 is 1.67 bits per heavy atom. The van der Waals surface area contributed by atoms with Crippen LogP contribution in [0.15, 0.2) is 72.8 Å². The van der Waals surface area contributed by atoms with Gasteiger partial charge in [-0.05, 0) is 42.8 Å². The number of para-hydroxylation sites is 1. The van der Waals surface area contributed by atoms with Crippen LogP contribution in [0, 0.1) is 17.0 Å². The van der Waals surface area contributed by atoms with Gasteiger partial charge in [-0.2, -0.15) is 0 Å². The first-order chi connectivity index (χ1) is 14.4. The van der Waals surface area contributed by atoms with Crippen LogP contribution in [0.4, 0.5) is 11.4 Å². The average Bonchev–Trinajstić information content (AvgIpc) is 2.74. The van der Waals surface area contributed by atoms with Crippen LogP contribution in [0.5, 0.6) is 0 Å². The van der Waals surface area contributed by atoms with E-state index in [0.29, 0.717) is 27.5 Å². The maximum absolute atomic E-state index is 13.2. The summed E-state index contributed by atoms with van der Waals surface area (Å²) < 4.78 is 0. The number of nitro benzene ring substituents is 1. The molecule has 1 amide bonds. The number of aromatic nitrogens is 1. The van der Waals surface area contributed by atoms with E-state index in [1.165, 1.54) is 24.3 Å². The Hall–Kier alpha value is -3.77. The largest absolute Gasteiger partial charge is 0.322 e. The van der Waals surface area contributed by atoms with Crippen LogP contribution in [-0.2, 0) is 0 Å². The number of carbonyl (C=O) groups is 1. The first-order valence-corrected chi connectivity index (χ1v) is 9.53. The molecule has 4 rings (SSSR count). The number of nitrogens with one attached hydrogen (secondary N) is 1. The third-order valence-corrected chi connectivity index (χ3v) is 5.07. The van der Waals surface area contributed by atoms with Gasteiger partial charge in [-0.15, -0.1) is 0 Å². The molecule has 0 atom stereocenters. The molecule has 1 N–H and O–H groups in total. The summed E-state index contributed by atoms with van der Waals surface area (Å²) in [5, 5.41) is 15.0. The molecule has 0 aliphatic carbocycles. The fourth-order valence-corrected chi connectivity index (χ4v) is 3.47. The van der Waals surface area contributed by atoms with Crippen molar-refractivity contribution in [2.24, 2.45) is 0 Å². The number of anilines is 1. The number of non-ortho nitro benzene ring substituents is 1. The summed E-state index contributed by atoms with van der Waals surface area (Å²) in [6, 6.07) is 20.5. The van der Waals surface area contributed by atoms with Crippen LogP contribution in [0.3, 0.4) is 0 Å². The van der Waals surface area contributed by atoms with Gasteiger partial charge in [0.25, 0.3) is 11.6 Å². The first kappa shape index (κ1) is 19.5. The highest BCUT2D eigenvalue weighted by molar-refractivity contribution is 6.30. The van der Waals surface area contributed by atoms with E-state index in [9.17, 15) is 14.9 Å². The van der Waals surface area contributed by atoms with E-state index >= 15 is 0 Å². The second-order valence-electron chi connectivity index (χ2n) is 6.74. The molecular weight excluding hydrogens is 402 g/mol. The molecule has 6 nitrogen and oxygen atoms in total. The van der Waals surface area contributed by atoms with Crippen molar-refractivity contribution in [1.82, 2.24) is 4.98 Å². The lowest BCUT2D eigenvalue weighted by Gasteiger charge is -2.15. The van der Waals surface area contributed by atoms with E-state index in [-0.39, 0.29) is 11.6 Å². The molecule has 3 aromatic carbocycles. The number of hydrogen-bond donors (Lipinski definition) is 1. The number of pyridine rings is 1. The summed E-state index contributed by atoms with van der Waals surface area (Å²) in [5.74, 6) is -0.310. The molecule has 0 aliphatic heterocycles. The van der Waals surface area contributed by atoms with E-state index in [1.807, 2.05) is 43.3 Å². The highest BCUT2D eigenvalue weighted by Crippen LogP contribution is 2.31. The predicted molar refractivity (Wildman–Crippen MR) is 118 cm³/mol. The van der Waals surface area contributed by atoms with E-state index in [0.717, 1.165) is 16.5 Å². The van der Waals surface area contributed by atoms with Gasteiger partial charge in [0.2, 0.25) is 0 Å². The molecule has 7 heteroatoms. The van der Waals surface area contributed by atoms with Crippen molar-refractivity contribution in [2.75, 3.05) is 5.32 Å². The Balaban J connectivity index is 1.80. The highest BCUT2D eigenvalue weighted by Gasteiger charge is 2.19. The molecule has 0 radical (unpaired) electrons. The minimum Gasteiger partial charge on any atom is -0.322 e. The molecule has 0 aliphatic rings. The van der Waals surface area contributed by atoms with Crippen molar-refractivity contribution in [1.29, 1.82) is 0 Å². The van der Waals surface area contributed by atoms with E-state index in [1.54, 1.807) is 12.1 Å². The summed E-state index contributed by atoms with van der Waals surface area (Å²) in [5.41, 5.74) is 3.91. The molecule has 4 aromatic rings. The van der Waals surface area contributed by atoms with Crippen LogP contribution in [0.1, 0.15) is 15.9 Å². The van der Waals surface area contributed by atoms with Crippen molar-refractivity contribution >= 4 is 39.8 Å². The van der Waals surface area contributed by atoms with Crippen LogP contribution in [0.2, 0.25) is 5.02 Å². The second kappa shape index (κ2) is 7.93. The number of carbonyl (C=O) groups excluding carboxylic acids is 1. The quantitative estimate of drug-likeness (QED) is 0.324. The van der Waals surface area contributed by atoms with Crippen molar-refractivity contribution in [3.05, 3.63) is 99.1 Å². The number of rotatable bonds is 4. The Labute approximate surface area is 177 Å². The van der Waals surface area contributed by atoms with Gasteiger partial charge in [-0.25, -0.2) is 4.98 Å². The van der Waals surface area contributed by atoms with E-state index in [2.05, 4.69) is 5.32 Å². The zero-order valence-corrected chi connectivity index (χ0v) is 16.7. The Bertz CT molecular complexity index is 1270. The monoisotopic (exact) mass is 417 g/mol. The van der Waals surface area contributed by atoms with Gasteiger partial charge in [0.1, 0.15) is 0 Å². The van der Waals surface area contributed by atoms with E-state index in [4.69, 9.17) is 16.6 Å². The second-order valence-corrected chi connectivity index (χ2v) is 7.18. The van der Waals surface area contributed by atoms with Crippen LogP contribution in [0.25, 0.3) is 22.2 Å². The van der Waals surface area contributed by atoms with Crippen molar-refractivity contribution in [3.63, 3.8) is 0 Å². The molecule has 0 fully saturated rings. The van der Waals surface area contributed by atoms with Crippen molar-refractivity contribution < 1.29 is 9.72 Å². The minimum absolute atomic E-state index is 0.0384. The van der Waals surface area contributed by atoms with Crippen LogP contribution < -0.4 is 5.32 Å². The van der Waals surface area contributed by atoms with Gasteiger partial charge in [-0.3, -0.25) is 14.9 Å². The molecule has 148 valence electrons. The Kier molecular flexibility index (Phi) is 5.16. The highest BCUT2D eigenvalue weighted by atomic mass is 35.5. The first-order valence-electron chi connectivity index (χ1n) is 9.15. The fraction of sp³-hybridized carbons (Fsp3) is 0.0435. The number of halogens is 1. The lowest BCUT2D eigenvalue weighted by Crippen LogP contribution is -2.15. The molecule has 0 spiro atoms. The number of amides is 1. The lowest BCUT2D eigenvalue weighted by molar-refractivity contribution is -0.384. The molecule has 1 heterocycles. The predicted octanol–water partition coefficient (Wildman–Crippen LogP) is 6.02. The number of hydrogen-bond acceptors (Lipinski definition) is 4. The van der Waals surface area contributed by atoms with Gasteiger partial charge in [0, 0.05) is 33.8 Å². The maximum atomic E-state index is 13.2. The number of fused-ring (bicyclic) bond motifs is 1. The third kappa shape index (κ3) is 3.73. The van der Waals surface area contributed by atoms with Crippen LogP contribution >= 0.6 is 11.6 Å². The summed E-state index contributed by atoms with van der Waals surface area (Å²) in [6.45, 7) is 1.86. The molecule has 0 bridgehead atoms. The summed E-state index contributed by atoms with van der Waals surface area (Å²) in [7, 11) is 0. The normalized spacial score (nSPS) is 10.7. The maximum Gasteiger partial charge on any atom is 0.269 e. The number of benzene rings is 3. The molecule has 1 aromatic heterocycles. The van der Waals surface area contributed by atoms with Gasteiger partial charge >= 0.3 is 0 Å². The van der Waals surface area contributed by atoms with E-state index < -0.39 is 4.92 Å². The van der Waals surface area contributed by atoms with Crippen LogP contribution in [-0.4, -0.2) is 15.8 Å². The molecular formula is C23H16ClN3O3. The number of nitro groups is 1. The third-order valence-electron chi connectivity index (χ3n) is 4.82. The zero-order chi connectivity index (χ0) is 21.3. The number of nitrogens with zero attached hydrogens (tertiary/aromatic N) is 2. The van der Waals surface area contributed by atoms with Gasteiger partial charge in [-0.1, -0.05) is 41.9 Å². The SMILES string of the molecule is Cc1c(-c2ccc(Cl)cc2)nc2ccccc2c1C(=O)Nc1ccc([N+](=O)[O-])cc1. The fourth-order valence-electron chi connectivity index (χ4n) is 3.35. The standard InChI is InChI=1S/C23H16ClN3O3/c1-14-21(23(28)25-17-10-12-18(13-11-17)27(29)30)19-4-2-3-5-20(19)26-22(14)15-6-8-16(24)9-7-15/h2-13H,1H3,(H,25,28). The van der Waals surface area contributed by atoms with Gasteiger partial charge < -0.3 is 5.32 Å². The zero-order valence-electron chi connectivity index (χ0n) is 15.9. The Morgan fingerprint density at radius 3 is 2.33 bits per heavy atom. The topological polar surface area (TPSA) is 85.1 Å². The summed E-state index contributed by atoms with van der Waals surface area (Å²) >= 11 is 6.01. The summed E-state index contributed by atoms with van der Waals surface area (Å²) in [4.78, 5) is 28.3. The average molecular weight is 418 g/mol. The smallest absolute Gasteiger partial charge is 0.269 e. The van der Waals surface area contributed by atoms with Gasteiger partial charge in [0.05, 0.1) is 21.7 Å². The molecule has 0 saturated carbocycles. The molecule has 30 heavy (non-hydrogen) atoms. The van der Waals surface area contributed by atoms with Gasteiger partial charge in [0.15, 0.2) is 0 Å².